The average molecular weight is 501 g/mol. The third-order valence-electron chi connectivity index (χ3n) is 3.99. The standard InChI is InChI=1S/C20H22ClIN2O3/c1-3-23-20(26)14(2)24(12-15-6-4-5-7-18(15)21)19(25)13-27-17-10-8-16(22)9-11-17/h4-11,14H,3,12-13H2,1-2H3,(H,23,26)/t14-/m1/s1. The largest absolute Gasteiger partial charge is 0.484 e. The molecular weight excluding hydrogens is 479 g/mol. The second-order valence-corrected chi connectivity index (χ2v) is 7.58. The van der Waals surface area contributed by atoms with E-state index in [4.69, 9.17) is 16.3 Å². The Kier molecular flexibility index (Phi) is 8.37. The normalized spacial score (nSPS) is 11.6. The van der Waals surface area contributed by atoms with Crippen molar-refractivity contribution in [2.45, 2.75) is 26.4 Å². The lowest BCUT2D eigenvalue weighted by Gasteiger charge is -2.29. The monoisotopic (exact) mass is 500 g/mol. The van der Waals surface area contributed by atoms with Crippen molar-refractivity contribution in [3.63, 3.8) is 0 Å². The number of nitrogens with one attached hydrogen (secondary N) is 1. The predicted octanol–water partition coefficient (Wildman–Crippen LogP) is 3.88. The Morgan fingerprint density at radius 3 is 2.48 bits per heavy atom. The molecule has 2 aromatic carbocycles. The minimum absolute atomic E-state index is 0.158. The molecule has 0 bridgehead atoms. The van der Waals surface area contributed by atoms with Crippen LogP contribution >= 0.6 is 34.2 Å². The van der Waals surface area contributed by atoms with Crippen LogP contribution in [0.25, 0.3) is 0 Å². The third-order valence-corrected chi connectivity index (χ3v) is 5.08. The van der Waals surface area contributed by atoms with Gasteiger partial charge < -0.3 is 15.0 Å². The molecule has 27 heavy (non-hydrogen) atoms. The van der Waals surface area contributed by atoms with E-state index < -0.39 is 6.04 Å². The van der Waals surface area contributed by atoms with Crippen molar-refractivity contribution < 1.29 is 14.3 Å². The number of ether oxygens (including phenoxy) is 1. The first-order valence-corrected chi connectivity index (χ1v) is 10.1. The second-order valence-electron chi connectivity index (χ2n) is 5.93. The summed E-state index contributed by atoms with van der Waals surface area (Å²) in [6.07, 6.45) is 0. The van der Waals surface area contributed by atoms with Crippen LogP contribution in [0.3, 0.4) is 0 Å². The topological polar surface area (TPSA) is 58.6 Å². The number of nitrogens with zero attached hydrogens (tertiary/aromatic N) is 1. The van der Waals surface area contributed by atoms with Crippen LogP contribution in [0.5, 0.6) is 5.75 Å². The summed E-state index contributed by atoms with van der Waals surface area (Å²) in [6.45, 7) is 4.10. The van der Waals surface area contributed by atoms with E-state index in [0.29, 0.717) is 17.3 Å². The number of hydrogen-bond acceptors (Lipinski definition) is 3. The van der Waals surface area contributed by atoms with E-state index in [1.807, 2.05) is 37.3 Å². The van der Waals surface area contributed by atoms with Crippen molar-refractivity contribution >= 4 is 46.0 Å². The van der Waals surface area contributed by atoms with E-state index >= 15 is 0 Å². The first-order chi connectivity index (χ1) is 12.9. The van der Waals surface area contributed by atoms with Gasteiger partial charge in [-0.05, 0) is 72.3 Å². The molecule has 7 heteroatoms. The number of amides is 2. The van der Waals surface area contributed by atoms with Crippen molar-refractivity contribution in [3.8, 4) is 5.75 Å². The summed E-state index contributed by atoms with van der Waals surface area (Å²) in [7, 11) is 0. The van der Waals surface area contributed by atoms with Crippen molar-refractivity contribution in [2.24, 2.45) is 0 Å². The van der Waals surface area contributed by atoms with Crippen LogP contribution in [0.4, 0.5) is 0 Å². The van der Waals surface area contributed by atoms with E-state index in [2.05, 4.69) is 27.9 Å². The zero-order chi connectivity index (χ0) is 19.8. The van der Waals surface area contributed by atoms with Gasteiger partial charge in [0.1, 0.15) is 11.8 Å². The van der Waals surface area contributed by atoms with Crippen molar-refractivity contribution in [2.75, 3.05) is 13.2 Å². The number of rotatable bonds is 8. The van der Waals surface area contributed by atoms with Crippen LogP contribution in [0.15, 0.2) is 48.5 Å². The van der Waals surface area contributed by atoms with E-state index in [1.54, 1.807) is 25.1 Å². The lowest BCUT2D eigenvalue weighted by atomic mass is 10.1. The maximum atomic E-state index is 12.8. The summed E-state index contributed by atoms with van der Waals surface area (Å²) in [5.74, 6) is 0.103. The summed E-state index contributed by atoms with van der Waals surface area (Å²) in [5, 5.41) is 3.31. The molecule has 0 aromatic heterocycles. The van der Waals surface area contributed by atoms with E-state index in [1.165, 1.54) is 4.90 Å². The fourth-order valence-corrected chi connectivity index (χ4v) is 3.03. The van der Waals surface area contributed by atoms with Gasteiger partial charge in [0.25, 0.3) is 5.91 Å². The molecule has 0 aliphatic rings. The molecule has 0 aliphatic heterocycles. The third kappa shape index (κ3) is 6.39. The first-order valence-electron chi connectivity index (χ1n) is 8.61. The number of carbonyl (C=O) groups is 2. The van der Waals surface area contributed by atoms with Gasteiger partial charge in [0, 0.05) is 21.7 Å². The van der Waals surface area contributed by atoms with Gasteiger partial charge in [0.05, 0.1) is 0 Å². The SMILES string of the molecule is CCNC(=O)[C@@H](C)N(Cc1ccccc1Cl)C(=O)COc1ccc(I)cc1. The molecular formula is C20H22ClIN2O3. The van der Waals surface area contributed by atoms with Crippen molar-refractivity contribution in [3.05, 3.63) is 62.7 Å². The Hall–Kier alpha value is -1.80. The number of halogens is 2. The first kappa shape index (κ1) is 21.5. The fraction of sp³-hybridized carbons (Fsp3) is 0.300. The van der Waals surface area contributed by atoms with E-state index in [0.717, 1.165) is 9.13 Å². The molecule has 0 unspecified atom stereocenters. The van der Waals surface area contributed by atoms with Gasteiger partial charge in [-0.15, -0.1) is 0 Å². The highest BCUT2D eigenvalue weighted by atomic mass is 127. The summed E-state index contributed by atoms with van der Waals surface area (Å²) in [6, 6.07) is 14.0. The molecule has 2 rings (SSSR count). The zero-order valence-electron chi connectivity index (χ0n) is 15.2. The fourth-order valence-electron chi connectivity index (χ4n) is 2.47. The van der Waals surface area contributed by atoms with Crippen molar-refractivity contribution in [1.82, 2.24) is 10.2 Å². The quantitative estimate of drug-likeness (QED) is 0.560. The van der Waals surface area contributed by atoms with Crippen LogP contribution in [0.1, 0.15) is 19.4 Å². The van der Waals surface area contributed by atoms with Crippen LogP contribution < -0.4 is 10.1 Å². The lowest BCUT2D eigenvalue weighted by molar-refractivity contribution is -0.142. The molecule has 0 saturated carbocycles. The molecule has 0 aliphatic carbocycles. The summed E-state index contributed by atoms with van der Waals surface area (Å²) < 4.78 is 6.68. The number of hydrogen-bond donors (Lipinski definition) is 1. The highest BCUT2D eigenvalue weighted by Crippen LogP contribution is 2.19. The Morgan fingerprint density at radius 2 is 1.85 bits per heavy atom. The van der Waals surface area contributed by atoms with Gasteiger partial charge in [-0.25, -0.2) is 0 Å². The number of benzene rings is 2. The highest BCUT2D eigenvalue weighted by molar-refractivity contribution is 14.1. The maximum Gasteiger partial charge on any atom is 0.261 e. The van der Waals surface area contributed by atoms with Gasteiger partial charge >= 0.3 is 0 Å². The van der Waals surface area contributed by atoms with Crippen LogP contribution in [-0.2, 0) is 16.1 Å². The van der Waals surface area contributed by atoms with E-state index in [-0.39, 0.29) is 25.0 Å². The Balaban J connectivity index is 2.14. The Labute approximate surface area is 178 Å². The van der Waals surface area contributed by atoms with Crippen LogP contribution in [-0.4, -0.2) is 35.9 Å². The molecule has 0 spiro atoms. The molecule has 144 valence electrons. The molecule has 2 amide bonds. The summed E-state index contributed by atoms with van der Waals surface area (Å²) >= 11 is 8.44. The van der Waals surface area contributed by atoms with Gasteiger partial charge in [-0.2, -0.15) is 0 Å². The minimum atomic E-state index is -0.644. The Bertz CT molecular complexity index is 783. The lowest BCUT2D eigenvalue weighted by Crippen LogP contribution is -2.49. The van der Waals surface area contributed by atoms with Gasteiger partial charge in [-0.3, -0.25) is 9.59 Å². The van der Waals surface area contributed by atoms with Crippen molar-refractivity contribution in [1.29, 1.82) is 0 Å². The molecule has 0 saturated heterocycles. The smallest absolute Gasteiger partial charge is 0.261 e. The van der Waals surface area contributed by atoms with Crippen LogP contribution in [0, 0.1) is 3.57 Å². The zero-order valence-corrected chi connectivity index (χ0v) is 18.2. The molecule has 5 nitrogen and oxygen atoms in total. The highest BCUT2D eigenvalue weighted by Gasteiger charge is 2.26. The molecule has 1 atom stereocenters. The van der Waals surface area contributed by atoms with Gasteiger partial charge in [0.2, 0.25) is 5.91 Å². The molecule has 0 radical (unpaired) electrons. The Morgan fingerprint density at radius 1 is 1.19 bits per heavy atom. The summed E-state index contributed by atoms with van der Waals surface area (Å²) in [5.41, 5.74) is 0.776. The van der Waals surface area contributed by atoms with Crippen LogP contribution in [0.2, 0.25) is 5.02 Å². The maximum absolute atomic E-state index is 12.8. The molecule has 1 N–H and O–H groups in total. The number of carbonyl (C=O) groups excluding carboxylic acids is 2. The second kappa shape index (κ2) is 10.5. The molecule has 0 fully saturated rings. The van der Waals surface area contributed by atoms with E-state index in [9.17, 15) is 9.59 Å². The van der Waals surface area contributed by atoms with Gasteiger partial charge in [-0.1, -0.05) is 29.8 Å². The molecule has 0 heterocycles. The molecule has 2 aromatic rings. The predicted molar refractivity (Wildman–Crippen MR) is 115 cm³/mol. The van der Waals surface area contributed by atoms with Gasteiger partial charge in [0.15, 0.2) is 6.61 Å². The summed E-state index contributed by atoms with van der Waals surface area (Å²) in [4.78, 5) is 26.6. The number of likely N-dealkylation sites (N-methyl/N-ethyl adjacent to an activating group) is 1. The minimum Gasteiger partial charge on any atom is -0.484 e. The average Bonchev–Trinajstić information content (AvgIpc) is 2.66.